The van der Waals surface area contributed by atoms with Gasteiger partial charge in [0.05, 0.1) is 18.2 Å². The summed E-state index contributed by atoms with van der Waals surface area (Å²) in [5, 5.41) is 0. The van der Waals surface area contributed by atoms with Crippen molar-refractivity contribution in [2.75, 3.05) is 6.61 Å². The zero-order valence-corrected chi connectivity index (χ0v) is 12.4. The maximum Gasteiger partial charge on any atom is 0.433 e. The summed E-state index contributed by atoms with van der Waals surface area (Å²) in [5.41, 5.74) is -1.78. The van der Waals surface area contributed by atoms with E-state index in [-0.39, 0.29) is 11.0 Å². The minimum atomic E-state index is -4.59. The van der Waals surface area contributed by atoms with E-state index in [1.165, 1.54) is 0 Å². The third kappa shape index (κ3) is 2.97. The summed E-state index contributed by atoms with van der Waals surface area (Å²) in [6, 6.07) is 1.59. The summed E-state index contributed by atoms with van der Waals surface area (Å²) in [4.78, 5) is 2.92. The van der Waals surface area contributed by atoms with Crippen molar-refractivity contribution in [2.24, 2.45) is 0 Å². The van der Waals surface area contributed by atoms with Crippen LogP contribution >= 0.6 is 0 Å². The molecule has 2 saturated heterocycles. The lowest BCUT2D eigenvalue weighted by atomic mass is 9.79. The average molecular weight is 336 g/mol. The number of hydrogen-bond acceptors (Lipinski definition) is 4. The number of rotatable bonds is 3. The van der Waals surface area contributed by atoms with E-state index in [2.05, 4.69) is 9.71 Å². The molecule has 1 saturated carbocycles. The Balaban J connectivity index is 1.81. The third-order valence-corrected chi connectivity index (χ3v) is 5.74. The summed E-state index contributed by atoms with van der Waals surface area (Å²) in [5.74, 6) is 0. The van der Waals surface area contributed by atoms with Gasteiger partial charge in [-0.3, -0.25) is 4.98 Å². The predicted molar refractivity (Wildman–Crippen MR) is 70.5 cm³/mol. The second-order valence-corrected chi connectivity index (χ2v) is 7.46. The van der Waals surface area contributed by atoms with Gasteiger partial charge in [0.2, 0.25) is 10.0 Å². The zero-order valence-electron chi connectivity index (χ0n) is 11.6. The van der Waals surface area contributed by atoms with Crippen LogP contribution in [0, 0.1) is 0 Å². The fourth-order valence-electron chi connectivity index (χ4n) is 2.91. The second-order valence-electron chi connectivity index (χ2n) is 5.77. The molecule has 2 bridgehead atoms. The van der Waals surface area contributed by atoms with Crippen molar-refractivity contribution in [1.82, 2.24) is 9.71 Å². The first-order chi connectivity index (χ1) is 10.2. The highest BCUT2D eigenvalue weighted by atomic mass is 32.2. The van der Waals surface area contributed by atoms with E-state index < -0.39 is 27.4 Å². The fraction of sp³-hybridized carbons (Fsp3) is 0.615. The van der Waals surface area contributed by atoms with E-state index in [4.69, 9.17) is 4.74 Å². The molecule has 1 N–H and O–H groups in total. The third-order valence-electron chi connectivity index (χ3n) is 4.17. The number of hydrogen-bond donors (Lipinski definition) is 1. The van der Waals surface area contributed by atoms with Crippen LogP contribution in [0.15, 0.2) is 23.2 Å². The van der Waals surface area contributed by atoms with E-state index in [0.29, 0.717) is 25.5 Å². The molecule has 0 spiro atoms. The topological polar surface area (TPSA) is 68.3 Å². The molecule has 0 amide bonds. The van der Waals surface area contributed by atoms with Gasteiger partial charge in [-0.2, -0.15) is 13.2 Å². The molecule has 3 heterocycles. The monoisotopic (exact) mass is 336 g/mol. The van der Waals surface area contributed by atoms with Crippen LogP contribution in [0.5, 0.6) is 0 Å². The number of fused-ring (bicyclic) bond motifs is 3. The Morgan fingerprint density at radius 3 is 2.41 bits per heavy atom. The fourth-order valence-corrected chi connectivity index (χ4v) is 4.30. The second kappa shape index (κ2) is 5.17. The number of nitrogens with one attached hydrogen (secondary N) is 1. The van der Waals surface area contributed by atoms with E-state index in [9.17, 15) is 21.6 Å². The van der Waals surface area contributed by atoms with Crippen molar-refractivity contribution >= 4 is 10.0 Å². The molecule has 4 rings (SSSR count). The highest BCUT2D eigenvalue weighted by Crippen LogP contribution is 2.37. The molecule has 3 fully saturated rings. The van der Waals surface area contributed by atoms with Crippen LogP contribution in [-0.4, -0.2) is 31.7 Å². The smallest absolute Gasteiger partial charge is 0.376 e. The number of alkyl halides is 3. The quantitative estimate of drug-likeness (QED) is 0.918. The summed E-state index contributed by atoms with van der Waals surface area (Å²) in [6.07, 6.45) is -0.752. The zero-order chi connectivity index (χ0) is 16.0. The van der Waals surface area contributed by atoms with Gasteiger partial charge in [0.15, 0.2) is 0 Å². The Bertz CT molecular complexity index is 636. The SMILES string of the molecule is O=S(=O)(NC12CCC(CC1)OC2)c1ccc(C(F)(F)F)nc1. The summed E-state index contributed by atoms with van der Waals surface area (Å²) >= 11 is 0. The number of nitrogens with zero attached hydrogens (tertiary/aromatic N) is 1. The summed E-state index contributed by atoms with van der Waals surface area (Å²) < 4.78 is 70.2. The summed E-state index contributed by atoms with van der Waals surface area (Å²) in [7, 11) is -3.93. The van der Waals surface area contributed by atoms with Crippen molar-refractivity contribution in [3.63, 3.8) is 0 Å². The van der Waals surface area contributed by atoms with Gasteiger partial charge in [0.1, 0.15) is 10.6 Å². The molecule has 0 aromatic carbocycles. The molecule has 1 aromatic heterocycles. The molecule has 22 heavy (non-hydrogen) atoms. The lowest BCUT2D eigenvalue weighted by Crippen LogP contribution is -2.58. The maximum absolute atomic E-state index is 12.5. The Labute approximate surface area is 125 Å². The average Bonchev–Trinajstić information content (AvgIpc) is 2.47. The minimum absolute atomic E-state index is 0.194. The number of aromatic nitrogens is 1. The molecule has 9 heteroatoms. The lowest BCUT2D eigenvalue weighted by Gasteiger charge is -2.46. The number of halogens is 3. The summed E-state index contributed by atoms with van der Waals surface area (Å²) in [6.45, 7) is 0.297. The molecule has 0 atom stereocenters. The van der Waals surface area contributed by atoms with Crippen LogP contribution in [0.1, 0.15) is 31.4 Å². The highest BCUT2D eigenvalue weighted by molar-refractivity contribution is 7.89. The van der Waals surface area contributed by atoms with Crippen molar-refractivity contribution in [2.45, 2.75) is 48.4 Å². The molecular weight excluding hydrogens is 321 g/mol. The minimum Gasteiger partial charge on any atom is -0.376 e. The highest BCUT2D eigenvalue weighted by Gasteiger charge is 2.44. The van der Waals surface area contributed by atoms with Crippen molar-refractivity contribution in [3.8, 4) is 0 Å². The Kier molecular flexibility index (Phi) is 3.69. The van der Waals surface area contributed by atoms with Crippen molar-refractivity contribution < 1.29 is 26.3 Å². The molecule has 0 unspecified atom stereocenters. The standard InChI is InChI=1S/C13H15F3N2O3S/c14-13(15,16)11-2-1-10(7-17-11)22(19,20)18-12-5-3-9(4-6-12)21-8-12/h1-2,7,9,18H,3-6,8H2. The van der Waals surface area contributed by atoms with Crippen molar-refractivity contribution in [1.29, 1.82) is 0 Å². The molecule has 2 aliphatic heterocycles. The van der Waals surface area contributed by atoms with Crippen LogP contribution in [0.4, 0.5) is 13.2 Å². The molecule has 3 aliphatic rings. The number of ether oxygens (including phenoxy) is 1. The van der Waals surface area contributed by atoms with E-state index in [0.717, 1.165) is 25.1 Å². The van der Waals surface area contributed by atoms with Gasteiger partial charge < -0.3 is 4.74 Å². The maximum atomic E-state index is 12.5. The first kappa shape index (κ1) is 15.7. The first-order valence-electron chi connectivity index (χ1n) is 6.89. The van der Waals surface area contributed by atoms with E-state index in [1.54, 1.807) is 0 Å². The van der Waals surface area contributed by atoms with E-state index >= 15 is 0 Å². The molecule has 5 nitrogen and oxygen atoms in total. The number of sulfonamides is 1. The Morgan fingerprint density at radius 1 is 1.27 bits per heavy atom. The Hall–Kier alpha value is -1.19. The molecule has 122 valence electrons. The van der Waals surface area contributed by atoms with Gasteiger partial charge in [-0.1, -0.05) is 0 Å². The molecule has 0 radical (unpaired) electrons. The van der Waals surface area contributed by atoms with Crippen LogP contribution in [0.2, 0.25) is 0 Å². The normalized spacial score (nSPS) is 28.8. The van der Waals surface area contributed by atoms with Crippen LogP contribution in [-0.2, 0) is 20.9 Å². The largest absolute Gasteiger partial charge is 0.433 e. The predicted octanol–water partition coefficient (Wildman–Crippen LogP) is 2.09. The van der Waals surface area contributed by atoms with Gasteiger partial charge in [0.25, 0.3) is 0 Å². The number of pyridine rings is 1. The molecular formula is C13H15F3N2O3S. The first-order valence-corrected chi connectivity index (χ1v) is 8.37. The van der Waals surface area contributed by atoms with Crippen LogP contribution in [0.3, 0.4) is 0 Å². The van der Waals surface area contributed by atoms with Gasteiger partial charge >= 0.3 is 6.18 Å². The lowest BCUT2D eigenvalue weighted by molar-refractivity contribution is -0.141. The molecule has 1 aliphatic carbocycles. The van der Waals surface area contributed by atoms with Crippen LogP contribution in [0.25, 0.3) is 0 Å². The van der Waals surface area contributed by atoms with E-state index in [1.807, 2.05) is 0 Å². The van der Waals surface area contributed by atoms with Crippen molar-refractivity contribution in [3.05, 3.63) is 24.0 Å². The van der Waals surface area contributed by atoms with Gasteiger partial charge in [-0.05, 0) is 37.8 Å². The Morgan fingerprint density at radius 2 is 1.95 bits per heavy atom. The van der Waals surface area contributed by atoms with Gasteiger partial charge in [-0.25, -0.2) is 13.1 Å². The van der Waals surface area contributed by atoms with Crippen LogP contribution < -0.4 is 4.72 Å². The van der Waals surface area contributed by atoms with Gasteiger partial charge in [0, 0.05) is 6.20 Å². The molecule has 1 aromatic rings. The van der Waals surface area contributed by atoms with Gasteiger partial charge in [-0.15, -0.1) is 0 Å².